The summed E-state index contributed by atoms with van der Waals surface area (Å²) in [5.41, 5.74) is 1.75. The van der Waals surface area contributed by atoms with Crippen molar-refractivity contribution in [3.05, 3.63) is 29.8 Å². The highest BCUT2D eigenvalue weighted by Crippen LogP contribution is 2.25. The van der Waals surface area contributed by atoms with Crippen molar-refractivity contribution in [2.24, 2.45) is 5.92 Å². The number of anilines is 1. The number of carbonyl (C=O) groups is 2. The van der Waals surface area contributed by atoms with Gasteiger partial charge in [-0.15, -0.1) is 0 Å². The number of aliphatic hydroxyl groups excluding tert-OH is 1. The van der Waals surface area contributed by atoms with Crippen molar-refractivity contribution >= 4 is 17.6 Å². The van der Waals surface area contributed by atoms with Crippen LogP contribution in [0.2, 0.25) is 0 Å². The van der Waals surface area contributed by atoms with Crippen LogP contribution in [0.4, 0.5) is 5.69 Å². The minimum Gasteiger partial charge on any atom is -0.481 e. The number of hydrogen-bond acceptors (Lipinski definition) is 3. The van der Waals surface area contributed by atoms with Crippen LogP contribution in [0.15, 0.2) is 24.3 Å². The average Bonchev–Trinajstić information content (AvgIpc) is 2.78. The molecular weight excluding hydrogens is 246 g/mol. The molecule has 1 aliphatic heterocycles. The zero-order valence-corrected chi connectivity index (χ0v) is 10.6. The van der Waals surface area contributed by atoms with E-state index in [2.05, 4.69) is 0 Å². The molecule has 1 amide bonds. The van der Waals surface area contributed by atoms with Gasteiger partial charge in [-0.05, 0) is 24.1 Å². The molecule has 0 aliphatic carbocycles. The van der Waals surface area contributed by atoms with Gasteiger partial charge in [-0.25, -0.2) is 0 Å². The zero-order valence-electron chi connectivity index (χ0n) is 10.6. The summed E-state index contributed by atoms with van der Waals surface area (Å²) in [6.07, 6.45) is 0.981. The Morgan fingerprint density at radius 2 is 2.00 bits per heavy atom. The summed E-state index contributed by atoms with van der Waals surface area (Å²) < 4.78 is 0. The number of aryl methyl sites for hydroxylation is 1. The smallest absolute Gasteiger partial charge is 0.303 e. The molecule has 2 N–H and O–H groups in total. The predicted octanol–water partition coefficient (Wildman–Crippen LogP) is 1.05. The Balaban J connectivity index is 2.02. The number of aliphatic carboxylic acids is 1. The Kier molecular flexibility index (Phi) is 4.16. The van der Waals surface area contributed by atoms with Gasteiger partial charge in [-0.2, -0.15) is 0 Å². The number of carbonyl (C=O) groups excluding carboxylic acids is 1. The maximum Gasteiger partial charge on any atom is 0.303 e. The van der Waals surface area contributed by atoms with Gasteiger partial charge >= 0.3 is 5.97 Å². The summed E-state index contributed by atoms with van der Waals surface area (Å²) in [4.78, 5) is 23.9. The van der Waals surface area contributed by atoms with E-state index in [-0.39, 0.29) is 24.9 Å². The average molecular weight is 263 g/mol. The lowest BCUT2D eigenvalue weighted by Crippen LogP contribution is -2.24. The van der Waals surface area contributed by atoms with Crippen LogP contribution >= 0.6 is 0 Å². The fourth-order valence-corrected chi connectivity index (χ4v) is 2.25. The molecule has 1 aromatic carbocycles. The summed E-state index contributed by atoms with van der Waals surface area (Å²) in [5, 5.41) is 17.7. The number of hydrogen-bond donors (Lipinski definition) is 2. The molecule has 2 rings (SSSR count). The van der Waals surface area contributed by atoms with E-state index in [0.717, 1.165) is 11.3 Å². The Hall–Kier alpha value is -1.88. The lowest BCUT2D eigenvalue weighted by Gasteiger charge is -2.16. The van der Waals surface area contributed by atoms with Crippen molar-refractivity contribution < 1.29 is 19.8 Å². The quantitative estimate of drug-likeness (QED) is 0.832. The van der Waals surface area contributed by atoms with E-state index in [4.69, 9.17) is 10.2 Å². The van der Waals surface area contributed by atoms with E-state index < -0.39 is 5.97 Å². The van der Waals surface area contributed by atoms with Gasteiger partial charge < -0.3 is 15.1 Å². The second kappa shape index (κ2) is 5.84. The fraction of sp³-hybridized carbons (Fsp3) is 0.429. The monoisotopic (exact) mass is 263 g/mol. The SMILES string of the molecule is O=C(O)CCc1ccc(N2CC(CO)CC2=O)cc1. The first-order chi connectivity index (χ1) is 9.10. The Morgan fingerprint density at radius 3 is 2.53 bits per heavy atom. The molecule has 1 unspecified atom stereocenters. The van der Waals surface area contributed by atoms with Crippen molar-refractivity contribution in [1.29, 1.82) is 0 Å². The molecule has 1 heterocycles. The van der Waals surface area contributed by atoms with Crippen molar-refractivity contribution in [2.75, 3.05) is 18.1 Å². The highest BCUT2D eigenvalue weighted by Gasteiger charge is 2.29. The minimum atomic E-state index is -0.815. The van der Waals surface area contributed by atoms with Gasteiger partial charge in [-0.3, -0.25) is 9.59 Å². The largest absolute Gasteiger partial charge is 0.481 e. The molecular formula is C14H17NO4. The molecule has 1 aliphatic rings. The van der Waals surface area contributed by atoms with Crippen LogP contribution in [0, 0.1) is 5.92 Å². The van der Waals surface area contributed by atoms with Gasteiger partial charge in [0.25, 0.3) is 0 Å². The summed E-state index contributed by atoms with van der Waals surface area (Å²) in [7, 11) is 0. The highest BCUT2D eigenvalue weighted by molar-refractivity contribution is 5.95. The number of benzene rings is 1. The molecule has 0 bridgehead atoms. The third-order valence-electron chi connectivity index (χ3n) is 3.34. The van der Waals surface area contributed by atoms with E-state index in [1.54, 1.807) is 4.90 Å². The number of rotatable bonds is 5. The second-order valence-electron chi connectivity index (χ2n) is 4.82. The van der Waals surface area contributed by atoms with Crippen molar-refractivity contribution in [1.82, 2.24) is 0 Å². The second-order valence-corrected chi connectivity index (χ2v) is 4.82. The first-order valence-electron chi connectivity index (χ1n) is 6.32. The summed E-state index contributed by atoms with van der Waals surface area (Å²) in [5.74, 6) is -0.777. The molecule has 1 fully saturated rings. The minimum absolute atomic E-state index is 0.0131. The molecule has 1 aromatic rings. The fourth-order valence-electron chi connectivity index (χ4n) is 2.25. The first-order valence-corrected chi connectivity index (χ1v) is 6.32. The summed E-state index contributed by atoms with van der Waals surface area (Å²) >= 11 is 0. The van der Waals surface area contributed by atoms with Gasteiger partial charge in [0.2, 0.25) is 5.91 Å². The van der Waals surface area contributed by atoms with E-state index >= 15 is 0 Å². The Morgan fingerprint density at radius 1 is 1.32 bits per heavy atom. The molecule has 1 saturated heterocycles. The molecule has 19 heavy (non-hydrogen) atoms. The van der Waals surface area contributed by atoms with Gasteiger partial charge in [-0.1, -0.05) is 12.1 Å². The zero-order chi connectivity index (χ0) is 13.8. The molecule has 102 valence electrons. The van der Waals surface area contributed by atoms with Crippen LogP contribution in [-0.4, -0.2) is 35.2 Å². The predicted molar refractivity (Wildman–Crippen MR) is 69.9 cm³/mol. The molecule has 0 radical (unpaired) electrons. The summed E-state index contributed by atoms with van der Waals surface area (Å²) in [6.45, 7) is 0.572. The highest BCUT2D eigenvalue weighted by atomic mass is 16.4. The number of carboxylic acids is 1. The molecule has 5 heteroatoms. The Labute approximate surface area is 111 Å². The number of amides is 1. The maximum absolute atomic E-state index is 11.8. The van der Waals surface area contributed by atoms with Crippen molar-refractivity contribution in [3.63, 3.8) is 0 Å². The number of aliphatic hydroxyl groups is 1. The van der Waals surface area contributed by atoms with Crippen LogP contribution in [-0.2, 0) is 16.0 Å². The lowest BCUT2D eigenvalue weighted by atomic mass is 10.1. The van der Waals surface area contributed by atoms with E-state index in [9.17, 15) is 9.59 Å². The normalized spacial score (nSPS) is 18.9. The lowest BCUT2D eigenvalue weighted by molar-refractivity contribution is -0.137. The van der Waals surface area contributed by atoms with E-state index in [1.807, 2.05) is 24.3 Å². The van der Waals surface area contributed by atoms with Gasteiger partial charge in [0, 0.05) is 37.6 Å². The van der Waals surface area contributed by atoms with Gasteiger partial charge in [0.15, 0.2) is 0 Å². The molecule has 0 spiro atoms. The van der Waals surface area contributed by atoms with Crippen LogP contribution in [0.1, 0.15) is 18.4 Å². The maximum atomic E-state index is 11.8. The number of nitrogens with zero attached hydrogens (tertiary/aromatic N) is 1. The van der Waals surface area contributed by atoms with Gasteiger partial charge in [0.05, 0.1) is 0 Å². The van der Waals surface area contributed by atoms with Crippen LogP contribution in [0.25, 0.3) is 0 Å². The van der Waals surface area contributed by atoms with Crippen LogP contribution in [0.3, 0.4) is 0 Å². The van der Waals surface area contributed by atoms with E-state index in [0.29, 0.717) is 19.4 Å². The third-order valence-corrected chi connectivity index (χ3v) is 3.34. The van der Waals surface area contributed by atoms with Crippen LogP contribution < -0.4 is 4.90 Å². The summed E-state index contributed by atoms with van der Waals surface area (Å²) in [6, 6.07) is 7.35. The molecule has 0 aromatic heterocycles. The third kappa shape index (κ3) is 3.32. The van der Waals surface area contributed by atoms with Crippen LogP contribution in [0.5, 0.6) is 0 Å². The molecule has 5 nitrogen and oxygen atoms in total. The topological polar surface area (TPSA) is 77.8 Å². The van der Waals surface area contributed by atoms with Crippen molar-refractivity contribution in [3.8, 4) is 0 Å². The van der Waals surface area contributed by atoms with E-state index in [1.165, 1.54) is 0 Å². The number of carboxylic acid groups (broad SMARTS) is 1. The first kappa shape index (κ1) is 13.5. The molecule has 0 saturated carbocycles. The standard InChI is InChI=1S/C14H17NO4/c16-9-11-7-13(17)15(8-11)12-4-1-10(2-5-12)3-6-14(18)19/h1-2,4-5,11,16H,3,6-9H2,(H,18,19). The van der Waals surface area contributed by atoms with Crippen molar-refractivity contribution in [2.45, 2.75) is 19.3 Å². The van der Waals surface area contributed by atoms with Gasteiger partial charge in [0.1, 0.15) is 0 Å². The molecule has 1 atom stereocenters. The Bertz CT molecular complexity index is 469.